The average molecular weight is 262 g/mol. The summed E-state index contributed by atoms with van der Waals surface area (Å²) in [5.41, 5.74) is 0.350. The molecule has 0 aliphatic rings. The summed E-state index contributed by atoms with van der Waals surface area (Å²) in [6, 6.07) is 11.7. The highest BCUT2D eigenvalue weighted by molar-refractivity contribution is 7.99. The monoisotopic (exact) mass is 262 g/mol. The van der Waals surface area contributed by atoms with Crippen molar-refractivity contribution in [1.29, 1.82) is 0 Å². The molecule has 92 valence electrons. The molecule has 0 bridgehead atoms. The van der Waals surface area contributed by atoms with Crippen molar-refractivity contribution in [1.82, 2.24) is 0 Å². The molecule has 0 atom stereocenters. The van der Waals surface area contributed by atoms with Crippen molar-refractivity contribution in [2.24, 2.45) is 0 Å². The molecule has 0 unspecified atom stereocenters. The van der Waals surface area contributed by atoms with E-state index in [1.54, 1.807) is 19.2 Å². The molecule has 0 saturated heterocycles. The van der Waals surface area contributed by atoms with Crippen LogP contribution in [0.2, 0.25) is 0 Å². The number of aldehydes is 1. The van der Waals surface area contributed by atoms with Gasteiger partial charge in [-0.25, -0.2) is 4.39 Å². The Labute approximate surface area is 109 Å². The Hall–Kier alpha value is -1.81. The molecule has 2 aromatic carbocycles. The van der Waals surface area contributed by atoms with Crippen LogP contribution >= 0.6 is 11.8 Å². The Morgan fingerprint density at radius 2 is 2.00 bits per heavy atom. The highest BCUT2D eigenvalue weighted by atomic mass is 32.2. The predicted octanol–water partition coefficient (Wildman–Crippen LogP) is 3.80. The van der Waals surface area contributed by atoms with Gasteiger partial charge in [0, 0.05) is 10.5 Å². The average Bonchev–Trinajstić information content (AvgIpc) is 2.41. The van der Waals surface area contributed by atoms with E-state index >= 15 is 0 Å². The van der Waals surface area contributed by atoms with E-state index in [2.05, 4.69) is 0 Å². The summed E-state index contributed by atoms with van der Waals surface area (Å²) < 4.78 is 18.8. The second kappa shape index (κ2) is 5.69. The summed E-state index contributed by atoms with van der Waals surface area (Å²) in [7, 11) is 1.57. The molecule has 2 rings (SSSR count). The fraction of sp³-hybridized carbons (Fsp3) is 0.0714. The number of carbonyl (C=O) groups excluding carboxylic acids is 1. The highest BCUT2D eigenvalue weighted by Gasteiger charge is 2.09. The summed E-state index contributed by atoms with van der Waals surface area (Å²) in [5.74, 6) is 0.302. The molecule has 0 aliphatic carbocycles. The Kier molecular flexibility index (Phi) is 3.99. The molecular weight excluding hydrogens is 251 g/mol. The molecule has 0 aromatic heterocycles. The number of halogens is 1. The molecule has 0 amide bonds. The van der Waals surface area contributed by atoms with E-state index in [-0.39, 0.29) is 0 Å². The largest absolute Gasteiger partial charge is 0.497 e. The van der Waals surface area contributed by atoms with Gasteiger partial charge in [0.25, 0.3) is 0 Å². The molecule has 0 N–H and O–H groups in total. The van der Waals surface area contributed by atoms with E-state index in [1.807, 2.05) is 18.2 Å². The number of rotatable bonds is 4. The zero-order valence-corrected chi connectivity index (χ0v) is 10.5. The van der Waals surface area contributed by atoms with Crippen molar-refractivity contribution in [3.8, 4) is 5.75 Å². The normalized spacial score (nSPS) is 10.1. The van der Waals surface area contributed by atoms with Gasteiger partial charge in [-0.2, -0.15) is 0 Å². The molecule has 0 heterocycles. The summed E-state index contributed by atoms with van der Waals surface area (Å²) in [6.45, 7) is 0. The molecular formula is C14H11FO2S. The number of hydrogen-bond acceptors (Lipinski definition) is 3. The van der Waals surface area contributed by atoms with Crippen LogP contribution in [-0.2, 0) is 0 Å². The van der Waals surface area contributed by atoms with Gasteiger partial charge in [0.1, 0.15) is 11.6 Å². The molecule has 4 heteroatoms. The molecule has 0 fully saturated rings. The number of ether oxygens (including phenoxy) is 1. The van der Waals surface area contributed by atoms with Crippen LogP contribution < -0.4 is 4.74 Å². The number of benzene rings is 2. The molecule has 0 spiro atoms. The first-order valence-electron chi connectivity index (χ1n) is 5.30. The second-order valence-electron chi connectivity index (χ2n) is 3.56. The van der Waals surface area contributed by atoms with Crippen molar-refractivity contribution in [2.75, 3.05) is 7.11 Å². The van der Waals surface area contributed by atoms with Gasteiger partial charge >= 0.3 is 0 Å². The van der Waals surface area contributed by atoms with Crippen molar-refractivity contribution < 1.29 is 13.9 Å². The van der Waals surface area contributed by atoms with Crippen LogP contribution in [0.25, 0.3) is 0 Å². The third-order valence-electron chi connectivity index (χ3n) is 2.39. The lowest BCUT2D eigenvalue weighted by molar-refractivity contribution is 0.112. The van der Waals surface area contributed by atoms with Crippen LogP contribution in [0.3, 0.4) is 0 Å². The van der Waals surface area contributed by atoms with E-state index in [4.69, 9.17) is 4.74 Å². The lowest BCUT2D eigenvalue weighted by Gasteiger charge is -2.07. The lowest BCUT2D eigenvalue weighted by Crippen LogP contribution is -1.90. The zero-order chi connectivity index (χ0) is 13.0. The minimum atomic E-state index is -0.396. The van der Waals surface area contributed by atoms with E-state index in [0.717, 1.165) is 4.90 Å². The van der Waals surface area contributed by atoms with Crippen molar-refractivity contribution in [3.63, 3.8) is 0 Å². The van der Waals surface area contributed by atoms with Crippen LogP contribution in [0, 0.1) is 5.82 Å². The van der Waals surface area contributed by atoms with Gasteiger partial charge in [-0.3, -0.25) is 4.79 Å². The van der Waals surface area contributed by atoms with Gasteiger partial charge in [0.05, 0.1) is 12.0 Å². The topological polar surface area (TPSA) is 26.3 Å². The quantitative estimate of drug-likeness (QED) is 0.784. The Bertz CT molecular complexity index is 569. The maximum atomic E-state index is 13.7. The van der Waals surface area contributed by atoms with Gasteiger partial charge in [-0.1, -0.05) is 30.0 Å². The maximum Gasteiger partial charge on any atom is 0.151 e. The van der Waals surface area contributed by atoms with E-state index in [9.17, 15) is 9.18 Å². The van der Waals surface area contributed by atoms with Gasteiger partial charge in [-0.15, -0.1) is 0 Å². The SMILES string of the molecule is COc1cccc(Sc2c(F)cccc2C=O)c1. The standard InChI is InChI=1S/C14H11FO2S/c1-17-11-5-3-6-12(8-11)18-14-10(9-16)4-2-7-13(14)15/h2-9H,1H3. The van der Waals surface area contributed by atoms with Crippen LogP contribution in [0.1, 0.15) is 10.4 Å². The summed E-state index contributed by atoms with van der Waals surface area (Å²) in [5, 5.41) is 0. The first-order chi connectivity index (χ1) is 8.74. The smallest absolute Gasteiger partial charge is 0.151 e. The van der Waals surface area contributed by atoms with Crippen molar-refractivity contribution in [2.45, 2.75) is 9.79 Å². The molecule has 18 heavy (non-hydrogen) atoms. The first kappa shape index (κ1) is 12.6. The van der Waals surface area contributed by atoms with E-state index < -0.39 is 5.82 Å². The maximum absolute atomic E-state index is 13.7. The van der Waals surface area contributed by atoms with Crippen LogP contribution in [0.5, 0.6) is 5.75 Å². The van der Waals surface area contributed by atoms with Crippen LogP contribution in [0.15, 0.2) is 52.3 Å². The van der Waals surface area contributed by atoms with Crippen LogP contribution in [0.4, 0.5) is 4.39 Å². The number of carbonyl (C=O) groups is 1. The third kappa shape index (κ3) is 2.71. The van der Waals surface area contributed by atoms with Gasteiger partial charge in [-0.05, 0) is 24.3 Å². The third-order valence-corrected chi connectivity index (χ3v) is 3.51. The minimum absolute atomic E-state index is 0.334. The molecule has 0 aliphatic heterocycles. The molecule has 0 saturated carbocycles. The van der Waals surface area contributed by atoms with Gasteiger partial charge in [0.15, 0.2) is 6.29 Å². The number of hydrogen-bond donors (Lipinski definition) is 0. The fourth-order valence-electron chi connectivity index (χ4n) is 1.51. The zero-order valence-electron chi connectivity index (χ0n) is 9.72. The Morgan fingerprint density at radius 3 is 2.72 bits per heavy atom. The second-order valence-corrected chi connectivity index (χ2v) is 4.64. The summed E-state index contributed by atoms with van der Waals surface area (Å²) >= 11 is 1.21. The van der Waals surface area contributed by atoms with Gasteiger partial charge in [0.2, 0.25) is 0 Å². The Morgan fingerprint density at radius 1 is 1.22 bits per heavy atom. The Balaban J connectivity index is 2.36. The first-order valence-corrected chi connectivity index (χ1v) is 6.12. The van der Waals surface area contributed by atoms with Gasteiger partial charge < -0.3 is 4.74 Å². The minimum Gasteiger partial charge on any atom is -0.497 e. The molecule has 2 aromatic rings. The van der Waals surface area contributed by atoms with E-state index in [0.29, 0.717) is 22.5 Å². The van der Waals surface area contributed by atoms with Crippen LogP contribution in [-0.4, -0.2) is 13.4 Å². The predicted molar refractivity (Wildman–Crippen MR) is 68.9 cm³/mol. The van der Waals surface area contributed by atoms with Crippen molar-refractivity contribution >= 4 is 18.0 Å². The van der Waals surface area contributed by atoms with E-state index in [1.165, 1.54) is 23.9 Å². The highest BCUT2D eigenvalue weighted by Crippen LogP contribution is 2.33. The molecule has 0 radical (unpaired) electrons. The molecule has 2 nitrogen and oxygen atoms in total. The fourth-order valence-corrected chi connectivity index (χ4v) is 2.47. The number of methoxy groups -OCH3 is 1. The summed E-state index contributed by atoms with van der Waals surface area (Å²) in [4.78, 5) is 12.0. The lowest BCUT2D eigenvalue weighted by atomic mass is 10.2. The summed E-state index contributed by atoms with van der Waals surface area (Å²) in [6.07, 6.45) is 0.658. The van der Waals surface area contributed by atoms with Crippen molar-refractivity contribution in [3.05, 3.63) is 53.8 Å².